The minimum Gasteiger partial charge on any atom is -0.506 e. The Bertz CT molecular complexity index is 1550. The van der Waals surface area contributed by atoms with E-state index in [1.165, 1.54) is 24.3 Å². The van der Waals surface area contributed by atoms with Crippen molar-refractivity contribution in [3.63, 3.8) is 0 Å². The summed E-state index contributed by atoms with van der Waals surface area (Å²) >= 11 is 5.84. The highest BCUT2D eigenvalue weighted by Crippen LogP contribution is 2.29. The number of benzene rings is 4. The first-order valence-corrected chi connectivity index (χ1v) is 12.2. The van der Waals surface area contributed by atoms with Crippen LogP contribution in [0.2, 0.25) is 5.02 Å². The number of phenols is 1. The summed E-state index contributed by atoms with van der Waals surface area (Å²) in [4.78, 5) is 29.4. The number of fused-ring (bicyclic) bond motifs is 1. The van der Waals surface area contributed by atoms with Gasteiger partial charge in [-0.2, -0.15) is 13.2 Å². The van der Waals surface area contributed by atoms with Gasteiger partial charge in [0.05, 0.1) is 10.6 Å². The lowest BCUT2D eigenvalue weighted by atomic mass is 9.99. The van der Waals surface area contributed by atoms with E-state index in [9.17, 15) is 27.9 Å². The van der Waals surface area contributed by atoms with Gasteiger partial charge in [-0.05, 0) is 53.1 Å². The number of aromatic hydroxyl groups is 1. The summed E-state index contributed by atoms with van der Waals surface area (Å²) in [5.74, 6) is -0.872. The van der Waals surface area contributed by atoms with Gasteiger partial charge in [-0.3, -0.25) is 14.6 Å². The summed E-state index contributed by atoms with van der Waals surface area (Å²) in [6, 6.07) is 19.8. The Morgan fingerprint density at radius 3 is 2.41 bits per heavy atom. The number of hydrogen-bond acceptors (Lipinski definition) is 4. The lowest BCUT2D eigenvalue weighted by Crippen LogP contribution is -2.26. The summed E-state index contributed by atoms with van der Waals surface area (Å²) in [6.45, 7) is 0.160. The van der Waals surface area contributed by atoms with E-state index in [0.717, 1.165) is 23.1 Å². The second kappa shape index (κ2) is 12.0. The van der Waals surface area contributed by atoms with Gasteiger partial charge >= 0.3 is 6.18 Å². The molecular weight excluding hydrogens is 531 g/mol. The zero-order valence-corrected chi connectivity index (χ0v) is 21.2. The molecule has 200 valence electrons. The maximum atomic E-state index is 12.9. The molecule has 0 aromatic heterocycles. The number of alkyl halides is 3. The molecule has 0 radical (unpaired) electrons. The van der Waals surface area contributed by atoms with Crippen LogP contribution in [0.5, 0.6) is 5.75 Å². The van der Waals surface area contributed by atoms with E-state index in [0.29, 0.717) is 16.5 Å². The van der Waals surface area contributed by atoms with Crippen molar-refractivity contribution in [2.24, 2.45) is 4.99 Å². The van der Waals surface area contributed by atoms with Gasteiger partial charge in [-0.15, -0.1) is 0 Å². The third-order valence-electron chi connectivity index (χ3n) is 5.93. The standard InChI is InChI=1S/C29H23ClF3N3O3/c30-25-15-19(9-11-26(25)37)27(38)36-17-34-16-20-8-10-24(23-7-2-1-6-22(20)23)28(39)35-13-12-18-4-3-5-21(14-18)29(31,32)33/h1-11,14-16,37H,12-13,17H2,(H,35,39)(H,36,38)/b34-16+. The van der Waals surface area contributed by atoms with Crippen LogP contribution in [0.25, 0.3) is 10.8 Å². The van der Waals surface area contributed by atoms with Crippen LogP contribution in [0, 0.1) is 0 Å². The van der Waals surface area contributed by atoms with Crippen molar-refractivity contribution in [3.8, 4) is 5.75 Å². The van der Waals surface area contributed by atoms with Crippen LogP contribution in [0.3, 0.4) is 0 Å². The van der Waals surface area contributed by atoms with E-state index in [4.69, 9.17) is 11.6 Å². The largest absolute Gasteiger partial charge is 0.506 e. The van der Waals surface area contributed by atoms with Crippen LogP contribution in [0.15, 0.2) is 83.9 Å². The molecule has 0 heterocycles. The molecule has 10 heteroatoms. The van der Waals surface area contributed by atoms with Gasteiger partial charge in [-0.25, -0.2) is 0 Å². The number of nitrogens with zero attached hydrogens (tertiary/aromatic N) is 1. The van der Waals surface area contributed by atoms with E-state index in [1.807, 2.05) is 12.1 Å². The van der Waals surface area contributed by atoms with Gasteiger partial charge in [0, 0.05) is 29.4 Å². The zero-order valence-electron chi connectivity index (χ0n) is 20.4. The van der Waals surface area contributed by atoms with Crippen LogP contribution >= 0.6 is 11.6 Å². The number of amides is 2. The lowest BCUT2D eigenvalue weighted by Gasteiger charge is -2.11. The Balaban J connectivity index is 1.40. The fourth-order valence-electron chi connectivity index (χ4n) is 3.96. The molecule has 0 aliphatic rings. The molecule has 6 nitrogen and oxygen atoms in total. The predicted molar refractivity (Wildman–Crippen MR) is 144 cm³/mol. The molecule has 0 atom stereocenters. The molecule has 2 amide bonds. The van der Waals surface area contributed by atoms with E-state index in [-0.39, 0.29) is 41.9 Å². The second-order valence-corrected chi connectivity index (χ2v) is 9.00. The summed E-state index contributed by atoms with van der Waals surface area (Å²) in [7, 11) is 0. The number of nitrogens with one attached hydrogen (secondary N) is 2. The molecule has 4 aromatic rings. The number of hydrogen-bond donors (Lipinski definition) is 3. The number of carbonyl (C=O) groups excluding carboxylic acids is 2. The van der Waals surface area contributed by atoms with Gasteiger partial charge in [0.2, 0.25) is 0 Å². The van der Waals surface area contributed by atoms with E-state index in [1.54, 1.807) is 36.5 Å². The van der Waals surface area contributed by atoms with Crippen molar-refractivity contribution in [3.05, 3.63) is 112 Å². The van der Waals surface area contributed by atoms with Crippen LogP contribution in [0.1, 0.15) is 37.4 Å². The van der Waals surface area contributed by atoms with E-state index in [2.05, 4.69) is 15.6 Å². The first kappa shape index (κ1) is 27.7. The van der Waals surface area contributed by atoms with Crippen molar-refractivity contribution in [2.45, 2.75) is 12.6 Å². The molecule has 0 fully saturated rings. The summed E-state index contributed by atoms with van der Waals surface area (Å²) in [6.07, 6.45) is -2.59. The van der Waals surface area contributed by atoms with Crippen molar-refractivity contribution < 1.29 is 27.9 Å². The first-order chi connectivity index (χ1) is 18.6. The quantitative estimate of drug-likeness (QED) is 0.234. The maximum Gasteiger partial charge on any atom is 0.416 e. The number of halogens is 4. The van der Waals surface area contributed by atoms with Crippen molar-refractivity contribution in [1.82, 2.24) is 10.6 Å². The van der Waals surface area contributed by atoms with Crippen molar-refractivity contribution in [2.75, 3.05) is 13.2 Å². The molecule has 0 saturated carbocycles. The van der Waals surface area contributed by atoms with Crippen molar-refractivity contribution in [1.29, 1.82) is 0 Å². The zero-order chi connectivity index (χ0) is 28.0. The molecule has 0 aliphatic heterocycles. The summed E-state index contributed by atoms with van der Waals surface area (Å²) < 4.78 is 38.8. The Kier molecular flexibility index (Phi) is 8.51. The molecule has 3 N–H and O–H groups in total. The van der Waals surface area contributed by atoms with Crippen LogP contribution in [-0.4, -0.2) is 36.3 Å². The van der Waals surface area contributed by atoms with E-state index >= 15 is 0 Å². The summed E-state index contributed by atoms with van der Waals surface area (Å²) in [5.41, 5.74) is 1.18. The van der Waals surface area contributed by atoms with Crippen LogP contribution in [0.4, 0.5) is 13.2 Å². The fraction of sp³-hybridized carbons (Fsp3) is 0.138. The molecule has 0 saturated heterocycles. The van der Waals surface area contributed by atoms with Gasteiger partial charge in [-0.1, -0.05) is 60.1 Å². The second-order valence-electron chi connectivity index (χ2n) is 8.59. The van der Waals surface area contributed by atoms with Gasteiger partial charge in [0.1, 0.15) is 12.4 Å². The Morgan fingerprint density at radius 2 is 1.67 bits per heavy atom. The smallest absolute Gasteiger partial charge is 0.416 e. The molecule has 0 spiro atoms. The molecule has 0 bridgehead atoms. The molecule has 4 rings (SSSR count). The average molecular weight is 554 g/mol. The van der Waals surface area contributed by atoms with Gasteiger partial charge < -0.3 is 15.7 Å². The number of aliphatic imine (C=N–C) groups is 1. The maximum absolute atomic E-state index is 12.9. The minimum absolute atomic E-state index is 0.0105. The highest BCUT2D eigenvalue weighted by molar-refractivity contribution is 6.32. The molecule has 39 heavy (non-hydrogen) atoms. The third kappa shape index (κ3) is 6.94. The SMILES string of the molecule is O=C(NC/N=C/c1ccc(C(=O)NCCc2cccc(C(F)(F)F)c2)c2ccccc12)c1ccc(O)c(Cl)c1. The Morgan fingerprint density at radius 1 is 0.897 bits per heavy atom. The number of carbonyl (C=O) groups is 2. The number of phenolic OH excluding ortho intramolecular Hbond substituents is 1. The number of rotatable bonds is 8. The predicted octanol–water partition coefficient (Wildman–Crippen LogP) is 6.00. The van der Waals surface area contributed by atoms with Crippen molar-refractivity contribution >= 4 is 40.4 Å². The average Bonchev–Trinajstić information content (AvgIpc) is 2.92. The molecule has 4 aromatic carbocycles. The van der Waals surface area contributed by atoms with E-state index < -0.39 is 17.6 Å². The Hall–Kier alpha value is -4.37. The molecular formula is C29H23ClF3N3O3. The normalized spacial score (nSPS) is 11.6. The minimum atomic E-state index is -4.42. The van der Waals surface area contributed by atoms with Crippen LogP contribution < -0.4 is 10.6 Å². The summed E-state index contributed by atoms with van der Waals surface area (Å²) in [5, 5.41) is 16.4. The monoisotopic (exact) mass is 553 g/mol. The molecule has 0 unspecified atom stereocenters. The fourth-order valence-corrected chi connectivity index (χ4v) is 4.14. The molecule has 0 aliphatic carbocycles. The Labute approximate surface area is 227 Å². The first-order valence-electron chi connectivity index (χ1n) is 11.9. The highest BCUT2D eigenvalue weighted by atomic mass is 35.5. The lowest BCUT2D eigenvalue weighted by molar-refractivity contribution is -0.137. The third-order valence-corrected chi connectivity index (χ3v) is 6.23. The van der Waals surface area contributed by atoms with Gasteiger partial charge in [0.25, 0.3) is 11.8 Å². The van der Waals surface area contributed by atoms with Gasteiger partial charge in [0.15, 0.2) is 0 Å². The van der Waals surface area contributed by atoms with Crippen LogP contribution in [-0.2, 0) is 12.6 Å². The highest BCUT2D eigenvalue weighted by Gasteiger charge is 2.30. The topological polar surface area (TPSA) is 90.8 Å².